The molecule has 0 radical (unpaired) electrons. The molecular weight excluding hydrogens is 220 g/mol. The fourth-order valence-corrected chi connectivity index (χ4v) is 1.02. The van der Waals surface area contributed by atoms with Crippen LogP contribution in [0.5, 0.6) is 0 Å². The first-order valence-corrected chi connectivity index (χ1v) is 5.63. The lowest BCUT2D eigenvalue weighted by Crippen LogP contribution is -2.29. The molecule has 1 aromatic rings. The molecule has 1 aromatic carbocycles. The molecule has 0 heterocycles. The van der Waals surface area contributed by atoms with Gasteiger partial charge in [-0.1, -0.05) is 37.3 Å². The van der Waals surface area contributed by atoms with Crippen molar-refractivity contribution in [3.63, 3.8) is 0 Å². The van der Waals surface area contributed by atoms with Gasteiger partial charge < -0.3 is 11.5 Å². The van der Waals surface area contributed by atoms with E-state index in [1.165, 1.54) is 0 Å². The van der Waals surface area contributed by atoms with Crippen LogP contribution < -0.4 is 11.5 Å². The van der Waals surface area contributed by atoms with E-state index in [0.29, 0.717) is 10.7 Å². The summed E-state index contributed by atoms with van der Waals surface area (Å²) >= 11 is 5.84. The highest BCUT2D eigenvalue weighted by Gasteiger charge is 2.03. The third-order valence-corrected chi connectivity index (χ3v) is 1.86. The molecule has 88 valence electrons. The van der Waals surface area contributed by atoms with Crippen LogP contribution in [-0.4, -0.2) is 5.54 Å². The van der Waals surface area contributed by atoms with E-state index in [9.17, 15) is 0 Å². The van der Waals surface area contributed by atoms with Crippen molar-refractivity contribution in [3.05, 3.63) is 28.8 Å². The molecule has 0 saturated carbocycles. The van der Waals surface area contributed by atoms with Crippen molar-refractivity contribution in [1.29, 1.82) is 0 Å². The topological polar surface area (TPSA) is 52.0 Å². The maximum atomic E-state index is 5.84. The minimum absolute atomic E-state index is 0.492. The summed E-state index contributed by atoms with van der Waals surface area (Å²) in [6.45, 7) is 7.69. The lowest BCUT2D eigenvalue weighted by Gasteiger charge is -2.07. The van der Waals surface area contributed by atoms with Crippen LogP contribution in [0.25, 0.3) is 0 Å². The number of hydrogen-bond acceptors (Lipinski definition) is 2. The van der Waals surface area contributed by atoms with Gasteiger partial charge in [0, 0.05) is 5.56 Å². The summed E-state index contributed by atoms with van der Waals surface area (Å²) in [5.74, 6) is 5.85. The van der Waals surface area contributed by atoms with E-state index < -0.39 is 5.54 Å². The molecule has 0 amide bonds. The molecule has 0 spiro atoms. The van der Waals surface area contributed by atoms with E-state index in [0.717, 1.165) is 5.56 Å². The Kier molecular flexibility index (Phi) is 5.95. The maximum Gasteiger partial charge on any atom is 0.0722 e. The van der Waals surface area contributed by atoms with E-state index in [1.807, 2.05) is 33.8 Å². The Hall–Kier alpha value is -1.17. The van der Waals surface area contributed by atoms with Crippen LogP contribution in [0.15, 0.2) is 18.2 Å². The van der Waals surface area contributed by atoms with Gasteiger partial charge in [0.1, 0.15) is 0 Å². The number of nitrogens with two attached hydrogens (primary N) is 2. The number of rotatable bonds is 0. The minimum atomic E-state index is -0.492. The van der Waals surface area contributed by atoms with E-state index in [-0.39, 0.29) is 0 Å². The summed E-state index contributed by atoms with van der Waals surface area (Å²) in [6.07, 6.45) is 0. The molecular formula is C13H19ClN2. The first kappa shape index (κ1) is 14.8. The molecule has 0 aliphatic carbocycles. The third kappa shape index (κ3) is 5.65. The zero-order valence-electron chi connectivity index (χ0n) is 10.3. The summed E-state index contributed by atoms with van der Waals surface area (Å²) in [6, 6.07) is 5.28. The van der Waals surface area contributed by atoms with Crippen LogP contribution in [0.3, 0.4) is 0 Å². The van der Waals surface area contributed by atoms with Gasteiger partial charge in [-0.2, -0.15) is 0 Å². The fourth-order valence-electron chi connectivity index (χ4n) is 0.838. The second-order valence-corrected chi connectivity index (χ2v) is 4.12. The molecule has 0 aliphatic heterocycles. The van der Waals surface area contributed by atoms with Gasteiger partial charge in [0.05, 0.1) is 16.2 Å². The molecule has 0 bridgehead atoms. The van der Waals surface area contributed by atoms with Crippen molar-refractivity contribution in [2.75, 3.05) is 5.73 Å². The molecule has 0 unspecified atom stereocenters. The molecule has 0 saturated heterocycles. The minimum Gasteiger partial charge on any atom is -0.398 e. The zero-order chi connectivity index (χ0) is 12.8. The van der Waals surface area contributed by atoms with Gasteiger partial charge in [0.2, 0.25) is 0 Å². The van der Waals surface area contributed by atoms with Gasteiger partial charge >= 0.3 is 0 Å². The molecule has 0 atom stereocenters. The molecule has 0 aromatic heterocycles. The van der Waals surface area contributed by atoms with Crippen LogP contribution in [0.2, 0.25) is 5.02 Å². The number of benzene rings is 1. The Morgan fingerprint density at radius 1 is 1.25 bits per heavy atom. The number of anilines is 1. The highest BCUT2D eigenvalue weighted by Crippen LogP contribution is 2.18. The maximum absolute atomic E-state index is 5.84. The quantitative estimate of drug-likeness (QED) is 0.539. The average molecular weight is 239 g/mol. The SMILES string of the molecule is CC.CC(C)(N)C#Cc1ccc(N)c(Cl)c1. The van der Waals surface area contributed by atoms with Gasteiger partial charge in [-0.05, 0) is 32.0 Å². The summed E-state index contributed by atoms with van der Waals surface area (Å²) in [5.41, 5.74) is 12.2. The highest BCUT2D eigenvalue weighted by molar-refractivity contribution is 6.33. The van der Waals surface area contributed by atoms with Gasteiger partial charge in [-0.3, -0.25) is 0 Å². The molecule has 0 aliphatic rings. The highest BCUT2D eigenvalue weighted by atomic mass is 35.5. The van der Waals surface area contributed by atoms with Crippen molar-refractivity contribution in [2.45, 2.75) is 33.2 Å². The summed E-state index contributed by atoms with van der Waals surface area (Å²) in [4.78, 5) is 0. The zero-order valence-corrected chi connectivity index (χ0v) is 11.0. The van der Waals surface area contributed by atoms with Crippen molar-refractivity contribution in [2.24, 2.45) is 5.73 Å². The Morgan fingerprint density at radius 3 is 2.25 bits per heavy atom. The Bertz CT molecular complexity index is 395. The fraction of sp³-hybridized carbons (Fsp3) is 0.385. The third-order valence-electron chi connectivity index (χ3n) is 1.53. The monoisotopic (exact) mass is 238 g/mol. The predicted molar refractivity (Wildman–Crippen MR) is 72.4 cm³/mol. The summed E-state index contributed by atoms with van der Waals surface area (Å²) in [5, 5.41) is 0.520. The predicted octanol–water partition coefficient (Wildman–Crippen LogP) is 3.04. The molecule has 1 rings (SSSR count). The van der Waals surface area contributed by atoms with Crippen LogP contribution in [0, 0.1) is 11.8 Å². The number of nitrogen functional groups attached to an aromatic ring is 1. The van der Waals surface area contributed by atoms with E-state index in [2.05, 4.69) is 11.8 Å². The number of hydrogen-bond donors (Lipinski definition) is 2. The summed E-state index contributed by atoms with van der Waals surface area (Å²) in [7, 11) is 0. The van der Waals surface area contributed by atoms with Crippen LogP contribution >= 0.6 is 11.6 Å². The smallest absolute Gasteiger partial charge is 0.0722 e. The van der Waals surface area contributed by atoms with Crippen LogP contribution in [-0.2, 0) is 0 Å². The van der Waals surface area contributed by atoms with E-state index >= 15 is 0 Å². The van der Waals surface area contributed by atoms with E-state index in [4.69, 9.17) is 23.1 Å². The lowest BCUT2D eigenvalue weighted by atomic mass is 10.1. The molecule has 3 heteroatoms. The van der Waals surface area contributed by atoms with Gasteiger partial charge in [-0.25, -0.2) is 0 Å². The summed E-state index contributed by atoms with van der Waals surface area (Å²) < 4.78 is 0. The first-order valence-electron chi connectivity index (χ1n) is 5.25. The number of halogens is 1. The van der Waals surface area contributed by atoms with Gasteiger partial charge in [0.15, 0.2) is 0 Å². The Balaban J connectivity index is 0.00000106. The molecule has 2 nitrogen and oxygen atoms in total. The molecule has 0 fully saturated rings. The van der Waals surface area contributed by atoms with Crippen LogP contribution in [0.4, 0.5) is 5.69 Å². The molecule has 4 N–H and O–H groups in total. The van der Waals surface area contributed by atoms with E-state index in [1.54, 1.807) is 12.1 Å². The van der Waals surface area contributed by atoms with Crippen molar-refractivity contribution in [1.82, 2.24) is 0 Å². The van der Waals surface area contributed by atoms with Crippen molar-refractivity contribution < 1.29 is 0 Å². The van der Waals surface area contributed by atoms with Crippen molar-refractivity contribution in [3.8, 4) is 11.8 Å². The lowest BCUT2D eigenvalue weighted by molar-refractivity contribution is 0.680. The van der Waals surface area contributed by atoms with Gasteiger partial charge in [-0.15, -0.1) is 0 Å². The average Bonchev–Trinajstić information content (AvgIpc) is 2.22. The normalized spacial score (nSPS) is 9.62. The van der Waals surface area contributed by atoms with Crippen LogP contribution in [0.1, 0.15) is 33.3 Å². The second-order valence-electron chi connectivity index (χ2n) is 3.71. The van der Waals surface area contributed by atoms with Crippen molar-refractivity contribution >= 4 is 17.3 Å². The largest absolute Gasteiger partial charge is 0.398 e. The first-order chi connectivity index (χ1) is 7.38. The standard InChI is InChI=1S/C11H13ClN2.C2H6/c1-11(2,14)6-5-8-3-4-10(13)9(12)7-8;1-2/h3-4,7H,13-14H2,1-2H3;1-2H3. The second kappa shape index (κ2) is 6.42. The molecule has 16 heavy (non-hydrogen) atoms. The van der Waals surface area contributed by atoms with Gasteiger partial charge in [0.25, 0.3) is 0 Å². The Morgan fingerprint density at radius 2 is 1.81 bits per heavy atom. The Labute approximate surface area is 103 Å².